The fraction of sp³-hybridized carbons (Fsp3) is 0.567. The monoisotopic (exact) mass is 522 g/mol. The Morgan fingerprint density at radius 1 is 1.21 bits per heavy atom. The van der Waals surface area contributed by atoms with Gasteiger partial charge in [0.15, 0.2) is 5.60 Å². The van der Waals surface area contributed by atoms with E-state index >= 15 is 0 Å². The van der Waals surface area contributed by atoms with E-state index in [-0.39, 0.29) is 17.4 Å². The molecule has 38 heavy (non-hydrogen) atoms. The van der Waals surface area contributed by atoms with Crippen LogP contribution in [0.15, 0.2) is 52.4 Å². The maximum atomic E-state index is 13.2. The highest BCUT2D eigenvalue weighted by molar-refractivity contribution is 6.12. The predicted octanol–water partition coefficient (Wildman–Crippen LogP) is 3.40. The summed E-state index contributed by atoms with van der Waals surface area (Å²) < 4.78 is 6.26. The Hall–Kier alpha value is -2.97. The van der Waals surface area contributed by atoms with Crippen molar-refractivity contribution >= 4 is 18.0 Å². The van der Waals surface area contributed by atoms with Crippen LogP contribution in [0.2, 0.25) is 0 Å². The highest BCUT2D eigenvalue weighted by Crippen LogP contribution is 2.35. The minimum absolute atomic E-state index is 0.142. The topological polar surface area (TPSA) is 103 Å². The van der Waals surface area contributed by atoms with Crippen LogP contribution in [0.4, 0.5) is 0 Å². The zero-order valence-electron chi connectivity index (χ0n) is 23.0. The van der Waals surface area contributed by atoms with Gasteiger partial charge >= 0.3 is 0 Å². The van der Waals surface area contributed by atoms with E-state index in [4.69, 9.17) is 4.74 Å². The van der Waals surface area contributed by atoms with Crippen molar-refractivity contribution in [2.45, 2.75) is 89.5 Å². The Bertz CT molecular complexity index is 1100. The number of hydrogen-bond acceptors (Lipinski definition) is 6. The number of amides is 2. The van der Waals surface area contributed by atoms with Gasteiger partial charge in [0.2, 0.25) is 0 Å². The Balaban J connectivity index is 1.40. The van der Waals surface area contributed by atoms with E-state index in [0.29, 0.717) is 30.8 Å². The van der Waals surface area contributed by atoms with Crippen molar-refractivity contribution in [1.82, 2.24) is 15.5 Å². The molecule has 8 heteroatoms. The number of benzene rings is 1. The lowest BCUT2D eigenvalue weighted by Gasteiger charge is -2.38. The molecule has 2 atom stereocenters. The highest BCUT2D eigenvalue weighted by Gasteiger charge is 2.43. The molecule has 8 nitrogen and oxygen atoms in total. The van der Waals surface area contributed by atoms with Crippen molar-refractivity contribution in [2.24, 2.45) is 4.99 Å². The molecule has 0 aromatic heterocycles. The molecule has 0 radical (unpaired) electrons. The zero-order valence-corrected chi connectivity index (χ0v) is 23.0. The molecule has 3 aliphatic rings. The fourth-order valence-corrected chi connectivity index (χ4v) is 5.64. The lowest BCUT2D eigenvalue weighted by molar-refractivity contribution is -0.147. The molecule has 1 fully saturated rings. The number of ether oxygens (including phenoxy) is 1. The molecule has 2 aliphatic heterocycles. The van der Waals surface area contributed by atoms with Gasteiger partial charge in [-0.2, -0.15) is 0 Å². The lowest BCUT2D eigenvalue weighted by Crippen LogP contribution is -2.52. The SMILES string of the molecule is CN=C/C(=C\C1=C(C)OC2(CCCCCCC2)C(=O)N1)C(=O)N[C@@H](C)[C@H](O)CN1CCc2ccccc2C1. The van der Waals surface area contributed by atoms with Gasteiger partial charge in [0.1, 0.15) is 5.76 Å². The Morgan fingerprint density at radius 2 is 1.89 bits per heavy atom. The van der Waals surface area contributed by atoms with E-state index in [2.05, 4.69) is 38.7 Å². The summed E-state index contributed by atoms with van der Waals surface area (Å²) in [6.45, 7) is 5.75. The molecule has 0 unspecified atom stereocenters. The fourth-order valence-electron chi connectivity index (χ4n) is 5.64. The lowest BCUT2D eigenvalue weighted by atomic mass is 9.85. The average molecular weight is 523 g/mol. The molecule has 1 saturated carbocycles. The van der Waals surface area contributed by atoms with Crippen LogP contribution in [0.1, 0.15) is 69.9 Å². The average Bonchev–Trinajstić information content (AvgIpc) is 2.88. The Morgan fingerprint density at radius 3 is 2.61 bits per heavy atom. The molecule has 206 valence electrons. The molecule has 1 aliphatic carbocycles. The van der Waals surface area contributed by atoms with Gasteiger partial charge in [-0.05, 0) is 63.2 Å². The number of carbonyl (C=O) groups is 2. The van der Waals surface area contributed by atoms with E-state index in [1.54, 1.807) is 20.0 Å². The van der Waals surface area contributed by atoms with Crippen molar-refractivity contribution in [3.8, 4) is 0 Å². The largest absolute Gasteiger partial charge is 0.480 e. The van der Waals surface area contributed by atoms with Gasteiger partial charge in [0.25, 0.3) is 11.8 Å². The van der Waals surface area contributed by atoms with Crippen molar-refractivity contribution in [2.75, 3.05) is 20.1 Å². The molecular formula is C30H42N4O4. The van der Waals surface area contributed by atoms with E-state index < -0.39 is 17.7 Å². The molecular weight excluding hydrogens is 480 g/mol. The Labute approximate surface area is 226 Å². The summed E-state index contributed by atoms with van der Waals surface area (Å²) in [5, 5.41) is 16.8. The van der Waals surface area contributed by atoms with E-state index in [9.17, 15) is 14.7 Å². The second-order valence-electron chi connectivity index (χ2n) is 10.9. The summed E-state index contributed by atoms with van der Waals surface area (Å²) in [6, 6.07) is 7.91. The smallest absolute Gasteiger partial charge is 0.268 e. The summed E-state index contributed by atoms with van der Waals surface area (Å²) in [5.74, 6) is 0.0849. The number of rotatable bonds is 7. The second-order valence-corrected chi connectivity index (χ2v) is 10.9. The molecule has 4 rings (SSSR count). The van der Waals surface area contributed by atoms with Gasteiger partial charge in [0.05, 0.1) is 23.4 Å². The van der Waals surface area contributed by atoms with E-state index in [1.807, 2.05) is 13.0 Å². The number of fused-ring (bicyclic) bond motifs is 1. The Kier molecular flexibility index (Phi) is 9.39. The first-order valence-electron chi connectivity index (χ1n) is 13.9. The first-order chi connectivity index (χ1) is 18.3. The molecule has 2 amide bonds. The number of allylic oxidation sites excluding steroid dienone is 2. The van der Waals surface area contributed by atoms with Crippen molar-refractivity contribution in [1.29, 1.82) is 0 Å². The normalized spacial score (nSPS) is 22.2. The van der Waals surface area contributed by atoms with Gasteiger partial charge in [0, 0.05) is 32.9 Å². The summed E-state index contributed by atoms with van der Waals surface area (Å²) in [7, 11) is 1.59. The van der Waals surface area contributed by atoms with Gasteiger partial charge in [-0.3, -0.25) is 19.5 Å². The molecule has 3 N–H and O–H groups in total. The van der Waals surface area contributed by atoms with Crippen LogP contribution in [0.25, 0.3) is 0 Å². The van der Waals surface area contributed by atoms with Gasteiger partial charge in [-0.1, -0.05) is 43.5 Å². The minimum atomic E-state index is -0.823. The molecule has 1 spiro atoms. The van der Waals surface area contributed by atoms with Crippen molar-refractivity contribution in [3.05, 3.63) is 58.5 Å². The van der Waals surface area contributed by atoms with Crippen LogP contribution in [-0.2, 0) is 27.3 Å². The number of aliphatic imine (C=N–C) groups is 1. The number of aliphatic hydroxyl groups excluding tert-OH is 1. The number of nitrogens with zero attached hydrogens (tertiary/aromatic N) is 2. The quantitative estimate of drug-likeness (QED) is 0.376. The van der Waals surface area contributed by atoms with Gasteiger partial charge in [-0.15, -0.1) is 0 Å². The van der Waals surface area contributed by atoms with Crippen LogP contribution in [0, 0.1) is 0 Å². The maximum Gasteiger partial charge on any atom is 0.268 e. The maximum absolute atomic E-state index is 13.2. The van der Waals surface area contributed by atoms with E-state index in [1.165, 1.54) is 23.8 Å². The third kappa shape index (κ3) is 6.72. The molecule has 1 aromatic rings. The number of hydrogen-bond donors (Lipinski definition) is 3. The zero-order chi connectivity index (χ0) is 27.1. The van der Waals surface area contributed by atoms with Crippen LogP contribution in [-0.4, -0.2) is 65.9 Å². The summed E-state index contributed by atoms with van der Waals surface area (Å²) in [5.41, 5.74) is 2.57. The molecule has 2 heterocycles. The predicted molar refractivity (Wildman–Crippen MR) is 149 cm³/mol. The third-order valence-electron chi connectivity index (χ3n) is 7.97. The molecule has 0 saturated heterocycles. The van der Waals surface area contributed by atoms with E-state index in [0.717, 1.165) is 45.2 Å². The van der Waals surface area contributed by atoms with Gasteiger partial charge < -0.3 is 20.5 Å². The van der Waals surface area contributed by atoms with Gasteiger partial charge in [-0.25, -0.2) is 0 Å². The van der Waals surface area contributed by atoms with Crippen molar-refractivity contribution < 1.29 is 19.4 Å². The standard InChI is InChI=1S/C30H42N4O4/c1-21(27(35)20-34-16-13-23-11-7-8-12-24(23)19-34)32-28(36)25(18-31-3)17-26-22(2)38-30(29(37)33-26)14-9-5-4-6-10-15-30/h7-8,11-12,17-18,21,27,35H,4-6,9-10,13-16,19-20H2,1-3H3,(H,32,36)(H,33,37)/b25-17+,31-18?/t21-,27+/m0/s1. The number of nitrogens with one attached hydrogen (secondary N) is 2. The second kappa shape index (κ2) is 12.7. The molecule has 1 aromatic carbocycles. The van der Waals surface area contributed by atoms with Crippen LogP contribution in [0.5, 0.6) is 0 Å². The first-order valence-corrected chi connectivity index (χ1v) is 13.9. The minimum Gasteiger partial charge on any atom is -0.480 e. The summed E-state index contributed by atoms with van der Waals surface area (Å²) in [4.78, 5) is 32.6. The summed E-state index contributed by atoms with van der Waals surface area (Å²) in [6.07, 6.45) is 10.0. The first kappa shape index (κ1) is 28.0. The highest BCUT2D eigenvalue weighted by atomic mass is 16.5. The van der Waals surface area contributed by atoms with Crippen molar-refractivity contribution in [3.63, 3.8) is 0 Å². The number of aliphatic hydroxyl groups is 1. The van der Waals surface area contributed by atoms with Crippen LogP contribution in [0.3, 0.4) is 0 Å². The van der Waals surface area contributed by atoms with Crippen LogP contribution >= 0.6 is 0 Å². The van der Waals surface area contributed by atoms with Crippen LogP contribution < -0.4 is 10.6 Å². The molecule has 0 bridgehead atoms. The number of carbonyl (C=O) groups excluding carboxylic acids is 2. The third-order valence-corrected chi connectivity index (χ3v) is 7.97. The summed E-state index contributed by atoms with van der Waals surface area (Å²) >= 11 is 0. The number of β-amino-alcohol motifs (C(OH)–C–C–N with tert-alkyl or cyclic N) is 1.